The van der Waals surface area contributed by atoms with Crippen molar-refractivity contribution in [1.29, 1.82) is 0 Å². The maximum absolute atomic E-state index is 13.1. The van der Waals surface area contributed by atoms with Gasteiger partial charge in [0.25, 0.3) is 5.91 Å². The van der Waals surface area contributed by atoms with Gasteiger partial charge in [0.1, 0.15) is 5.82 Å². The molecule has 1 aliphatic rings. The van der Waals surface area contributed by atoms with Gasteiger partial charge in [0, 0.05) is 51.7 Å². The summed E-state index contributed by atoms with van der Waals surface area (Å²) in [6.07, 6.45) is 5.69. The lowest BCUT2D eigenvalue weighted by Crippen LogP contribution is -2.48. The molecule has 0 saturated carbocycles. The predicted octanol–water partition coefficient (Wildman–Crippen LogP) is 3.42. The second-order valence-electron chi connectivity index (χ2n) is 6.96. The monoisotopic (exact) mass is 370 g/mol. The van der Waals surface area contributed by atoms with E-state index in [0.717, 1.165) is 43.9 Å². The van der Waals surface area contributed by atoms with E-state index in [9.17, 15) is 9.18 Å². The van der Waals surface area contributed by atoms with E-state index in [1.165, 1.54) is 12.1 Å². The van der Waals surface area contributed by atoms with Crippen LogP contribution in [0.15, 0.2) is 42.7 Å². The van der Waals surface area contributed by atoms with Gasteiger partial charge in [-0.25, -0.2) is 4.39 Å². The van der Waals surface area contributed by atoms with Crippen molar-refractivity contribution < 1.29 is 9.18 Å². The van der Waals surface area contributed by atoms with Crippen LogP contribution in [0.5, 0.6) is 0 Å². The number of nitrogens with zero attached hydrogens (tertiary/aromatic N) is 4. The molecule has 6 heteroatoms. The lowest BCUT2D eigenvalue weighted by molar-refractivity contribution is 0.0746. The smallest absolute Gasteiger partial charge is 0.255 e. The fourth-order valence-corrected chi connectivity index (χ4v) is 3.28. The van der Waals surface area contributed by atoms with E-state index >= 15 is 0 Å². The largest absolute Gasteiger partial charge is 0.373 e. The highest BCUT2D eigenvalue weighted by Gasteiger charge is 2.23. The summed E-state index contributed by atoms with van der Waals surface area (Å²) in [4.78, 5) is 23.3. The van der Waals surface area contributed by atoms with Crippen molar-refractivity contribution in [1.82, 2.24) is 9.88 Å². The molecule has 0 aliphatic carbocycles. The molecule has 27 heavy (non-hydrogen) atoms. The number of unbranched alkanes of at least 4 members (excludes halogenated alkanes) is 1. The van der Waals surface area contributed by atoms with Crippen LogP contribution in [-0.2, 0) is 0 Å². The highest BCUT2D eigenvalue weighted by molar-refractivity contribution is 5.95. The number of anilines is 2. The van der Waals surface area contributed by atoms with Crippen LogP contribution in [0.25, 0.3) is 0 Å². The molecule has 2 aromatic rings. The molecule has 0 radical (unpaired) electrons. The number of benzene rings is 1. The Hall–Kier alpha value is -2.63. The first kappa shape index (κ1) is 19.1. The third-order valence-corrected chi connectivity index (χ3v) is 5.02. The van der Waals surface area contributed by atoms with Crippen molar-refractivity contribution in [3.05, 3.63) is 54.1 Å². The highest BCUT2D eigenvalue weighted by Crippen LogP contribution is 2.19. The average Bonchev–Trinajstić information content (AvgIpc) is 2.72. The molecule has 2 heterocycles. The third-order valence-electron chi connectivity index (χ3n) is 5.02. The van der Waals surface area contributed by atoms with Crippen LogP contribution in [0, 0.1) is 5.82 Å². The number of piperazine rings is 1. The fraction of sp³-hybridized carbons (Fsp3) is 0.429. The average molecular weight is 370 g/mol. The normalized spacial score (nSPS) is 14.3. The zero-order valence-electron chi connectivity index (χ0n) is 16.1. The molecular weight excluding hydrogens is 343 g/mol. The summed E-state index contributed by atoms with van der Waals surface area (Å²) in [7, 11) is 2.03. The van der Waals surface area contributed by atoms with E-state index in [-0.39, 0.29) is 11.7 Å². The van der Waals surface area contributed by atoms with Crippen molar-refractivity contribution in [2.75, 3.05) is 49.6 Å². The van der Waals surface area contributed by atoms with Crippen LogP contribution in [0.2, 0.25) is 0 Å². The summed E-state index contributed by atoms with van der Waals surface area (Å²) in [5.74, 6) is -0.212. The first-order chi connectivity index (χ1) is 13.1. The van der Waals surface area contributed by atoms with E-state index in [1.54, 1.807) is 24.5 Å². The van der Waals surface area contributed by atoms with Crippen molar-refractivity contribution in [2.24, 2.45) is 0 Å². The summed E-state index contributed by atoms with van der Waals surface area (Å²) in [5.41, 5.74) is 2.59. The number of aromatic nitrogens is 1. The number of amides is 1. The Labute approximate surface area is 160 Å². The van der Waals surface area contributed by atoms with Gasteiger partial charge in [-0.2, -0.15) is 0 Å². The van der Waals surface area contributed by atoms with Gasteiger partial charge in [-0.1, -0.05) is 13.3 Å². The second kappa shape index (κ2) is 8.84. The molecule has 5 nitrogen and oxygen atoms in total. The van der Waals surface area contributed by atoms with Crippen molar-refractivity contribution >= 4 is 17.3 Å². The van der Waals surface area contributed by atoms with E-state index in [2.05, 4.69) is 21.7 Å². The number of carbonyl (C=O) groups is 1. The predicted molar refractivity (Wildman–Crippen MR) is 107 cm³/mol. The minimum Gasteiger partial charge on any atom is -0.373 e. The Bertz CT molecular complexity index is 757. The summed E-state index contributed by atoms with van der Waals surface area (Å²) < 4.78 is 13.1. The molecule has 1 amide bonds. The van der Waals surface area contributed by atoms with Crippen LogP contribution in [0.4, 0.5) is 15.8 Å². The summed E-state index contributed by atoms with van der Waals surface area (Å²) in [6.45, 7) is 5.88. The Balaban J connectivity index is 1.61. The van der Waals surface area contributed by atoms with E-state index < -0.39 is 0 Å². The maximum atomic E-state index is 13.1. The minimum atomic E-state index is -0.233. The summed E-state index contributed by atoms with van der Waals surface area (Å²) in [5, 5.41) is 0. The van der Waals surface area contributed by atoms with Crippen LogP contribution < -0.4 is 9.80 Å². The molecule has 1 aromatic carbocycles. The number of hydrogen-bond donors (Lipinski definition) is 0. The fourth-order valence-electron chi connectivity index (χ4n) is 3.28. The molecular formula is C21H27FN4O. The van der Waals surface area contributed by atoms with Crippen molar-refractivity contribution in [3.63, 3.8) is 0 Å². The van der Waals surface area contributed by atoms with Gasteiger partial charge in [0.2, 0.25) is 0 Å². The van der Waals surface area contributed by atoms with E-state index in [1.807, 2.05) is 18.0 Å². The first-order valence-corrected chi connectivity index (χ1v) is 9.54. The summed E-state index contributed by atoms with van der Waals surface area (Å²) >= 11 is 0. The lowest BCUT2D eigenvalue weighted by Gasteiger charge is -2.36. The zero-order chi connectivity index (χ0) is 19.2. The van der Waals surface area contributed by atoms with Crippen LogP contribution in [-0.4, -0.2) is 55.6 Å². The molecule has 3 rings (SSSR count). The molecule has 0 bridgehead atoms. The van der Waals surface area contributed by atoms with Crippen LogP contribution in [0.3, 0.4) is 0 Å². The van der Waals surface area contributed by atoms with Gasteiger partial charge in [-0.05, 0) is 36.8 Å². The Morgan fingerprint density at radius 2 is 1.85 bits per heavy atom. The van der Waals surface area contributed by atoms with Crippen molar-refractivity contribution in [2.45, 2.75) is 19.8 Å². The Kier molecular flexibility index (Phi) is 6.27. The molecule has 0 N–H and O–H groups in total. The van der Waals surface area contributed by atoms with Crippen LogP contribution in [0.1, 0.15) is 30.1 Å². The van der Waals surface area contributed by atoms with Gasteiger partial charge in [0.05, 0.1) is 17.4 Å². The second-order valence-corrected chi connectivity index (χ2v) is 6.96. The third kappa shape index (κ3) is 4.76. The number of pyridine rings is 1. The Morgan fingerprint density at radius 1 is 1.15 bits per heavy atom. The van der Waals surface area contributed by atoms with Crippen LogP contribution >= 0.6 is 0 Å². The van der Waals surface area contributed by atoms with Gasteiger partial charge >= 0.3 is 0 Å². The zero-order valence-corrected chi connectivity index (χ0v) is 16.1. The number of hydrogen-bond acceptors (Lipinski definition) is 4. The maximum Gasteiger partial charge on any atom is 0.255 e. The molecule has 0 atom stereocenters. The number of rotatable bonds is 6. The van der Waals surface area contributed by atoms with Gasteiger partial charge in [-0.3, -0.25) is 9.78 Å². The quantitative estimate of drug-likeness (QED) is 0.781. The molecule has 1 fully saturated rings. The Morgan fingerprint density at radius 3 is 2.52 bits per heavy atom. The standard InChI is InChI=1S/C21H27FN4O/c1-3-4-9-24(2)20-14-17(15-23-16-20)21(27)26-12-10-25(11-13-26)19-7-5-18(22)6-8-19/h5-8,14-16H,3-4,9-13H2,1-2H3. The van der Waals surface area contributed by atoms with Gasteiger partial charge < -0.3 is 14.7 Å². The van der Waals surface area contributed by atoms with E-state index in [4.69, 9.17) is 0 Å². The molecule has 0 spiro atoms. The topological polar surface area (TPSA) is 39.7 Å². The first-order valence-electron chi connectivity index (χ1n) is 9.54. The molecule has 144 valence electrons. The minimum absolute atomic E-state index is 0.0204. The van der Waals surface area contributed by atoms with Gasteiger partial charge in [0.15, 0.2) is 0 Å². The van der Waals surface area contributed by atoms with Gasteiger partial charge in [-0.15, -0.1) is 0 Å². The molecule has 0 unspecified atom stereocenters. The lowest BCUT2D eigenvalue weighted by atomic mass is 10.2. The number of halogens is 1. The summed E-state index contributed by atoms with van der Waals surface area (Å²) in [6, 6.07) is 8.44. The van der Waals surface area contributed by atoms with E-state index in [0.29, 0.717) is 18.7 Å². The highest BCUT2D eigenvalue weighted by atomic mass is 19.1. The molecule has 1 saturated heterocycles. The van der Waals surface area contributed by atoms with Crippen molar-refractivity contribution in [3.8, 4) is 0 Å². The molecule has 1 aromatic heterocycles. The SMILES string of the molecule is CCCCN(C)c1cncc(C(=O)N2CCN(c3ccc(F)cc3)CC2)c1. The number of carbonyl (C=O) groups excluding carboxylic acids is 1. The molecule has 1 aliphatic heterocycles.